The molecule has 0 amide bonds. The van der Waals surface area contributed by atoms with Gasteiger partial charge in [-0.1, -0.05) is 20.8 Å². The van der Waals surface area contributed by atoms with E-state index in [0.717, 1.165) is 18.2 Å². The highest BCUT2D eigenvalue weighted by Gasteiger charge is 2.49. The Morgan fingerprint density at radius 2 is 1.79 bits per heavy atom. The van der Waals surface area contributed by atoms with E-state index < -0.39 is 14.9 Å². The molecule has 1 aliphatic carbocycles. The number of alkyl halides is 2. The van der Waals surface area contributed by atoms with Crippen LogP contribution >= 0.6 is 0 Å². The van der Waals surface area contributed by atoms with Crippen molar-refractivity contribution in [1.82, 2.24) is 14.8 Å². The highest BCUT2D eigenvalue weighted by molar-refractivity contribution is 6.74. The number of hydrogen-bond acceptors (Lipinski definition) is 7. The number of ether oxygens (including phenoxy) is 4. The Bertz CT molecular complexity index is 1330. The van der Waals surface area contributed by atoms with Crippen molar-refractivity contribution < 1.29 is 32.2 Å². The van der Waals surface area contributed by atoms with Crippen LogP contribution in [0.3, 0.4) is 0 Å². The number of fused-ring (bicyclic) bond motifs is 1. The lowest BCUT2D eigenvalue weighted by Gasteiger charge is -2.52. The Labute approximate surface area is 229 Å². The molecule has 0 bridgehead atoms. The molecule has 0 saturated heterocycles. The molecule has 1 aromatic carbocycles. The topological polar surface area (TPSA) is 76.9 Å². The van der Waals surface area contributed by atoms with E-state index in [4.69, 9.17) is 18.6 Å². The molecule has 3 aromatic rings. The third-order valence-electron chi connectivity index (χ3n) is 7.88. The van der Waals surface area contributed by atoms with Crippen LogP contribution < -0.4 is 14.2 Å². The Morgan fingerprint density at radius 1 is 1.10 bits per heavy atom. The molecule has 0 unspecified atom stereocenters. The number of methoxy groups -OCH3 is 2. The molecule has 214 valence electrons. The fraction of sp³-hybridized carbons (Fsp3) is 0.571. The zero-order valence-electron chi connectivity index (χ0n) is 24.2. The third-order valence-corrected chi connectivity index (χ3v) is 12.5. The van der Waals surface area contributed by atoms with Crippen LogP contribution in [-0.2, 0) is 9.16 Å². The number of rotatable bonds is 10. The van der Waals surface area contributed by atoms with Gasteiger partial charge in [0.05, 0.1) is 23.8 Å². The van der Waals surface area contributed by atoms with Gasteiger partial charge in [0.15, 0.2) is 20.8 Å². The molecule has 1 aliphatic rings. The van der Waals surface area contributed by atoms with Crippen molar-refractivity contribution in [3.05, 3.63) is 30.0 Å². The van der Waals surface area contributed by atoms with Gasteiger partial charge in [0.25, 0.3) is 0 Å². The van der Waals surface area contributed by atoms with Crippen LogP contribution in [0.2, 0.25) is 18.1 Å². The molecule has 39 heavy (non-hydrogen) atoms. The summed E-state index contributed by atoms with van der Waals surface area (Å²) in [6.07, 6.45) is 3.71. The molecule has 1 fully saturated rings. The first-order valence-electron chi connectivity index (χ1n) is 13.0. The highest BCUT2D eigenvalue weighted by Crippen LogP contribution is 2.50. The number of benzene rings is 1. The average Bonchev–Trinajstić information content (AvgIpc) is 3.17. The summed E-state index contributed by atoms with van der Waals surface area (Å²) in [6, 6.07) is 5.02. The van der Waals surface area contributed by atoms with E-state index in [-0.39, 0.29) is 29.2 Å². The van der Waals surface area contributed by atoms with Gasteiger partial charge in [-0.15, -0.1) is 10.2 Å². The molecule has 2 heterocycles. The molecular formula is C28H39F2N3O5Si. The summed E-state index contributed by atoms with van der Waals surface area (Å²) < 4.78 is 55.7. The third kappa shape index (κ3) is 5.90. The lowest BCUT2D eigenvalue weighted by atomic mass is 9.77. The Morgan fingerprint density at radius 3 is 2.38 bits per heavy atom. The minimum atomic E-state index is -2.95. The summed E-state index contributed by atoms with van der Waals surface area (Å²) in [5.41, 5.74) is 2.30. The largest absolute Gasteiger partial charge is 0.494 e. The van der Waals surface area contributed by atoms with Gasteiger partial charge in [-0.25, -0.2) is 0 Å². The molecule has 0 aliphatic heterocycles. The number of aromatic nitrogens is 3. The van der Waals surface area contributed by atoms with Crippen LogP contribution in [0.5, 0.6) is 17.2 Å². The zero-order chi connectivity index (χ0) is 28.8. The van der Waals surface area contributed by atoms with E-state index in [1.165, 1.54) is 19.2 Å². The van der Waals surface area contributed by atoms with Crippen molar-refractivity contribution in [2.45, 2.75) is 83.8 Å². The number of nitrogens with zero attached hydrogens (tertiary/aromatic N) is 3. The lowest BCUT2D eigenvalue weighted by Crippen LogP contribution is -2.54. The van der Waals surface area contributed by atoms with Crippen LogP contribution in [0.25, 0.3) is 22.3 Å². The first-order valence-corrected chi connectivity index (χ1v) is 15.9. The van der Waals surface area contributed by atoms with Crippen LogP contribution in [0.4, 0.5) is 8.78 Å². The molecule has 8 nitrogen and oxygen atoms in total. The van der Waals surface area contributed by atoms with Gasteiger partial charge >= 0.3 is 6.61 Å². The minimum absolute atomic E-state index is 0.0110. The molecule has 11 heteroatoms. The standard InChI is InChI=1S/C28H39F2N3O5Si/c1-17-10-19(37-26(29)30)11-22(36-16-34-6)24(17)21-12-20-23(35-7)15-33(25(20)32-31-21)18-13-28(5,14-18)38-39(8,9)27(2,3)4/h10-12,15,18,26H,13-14,16H2,1-9H3. The second-order valence-electron chi connectivity index (χ2n) is 12.0. The Hall–Kier alpha value is -2.76. The van der Waals surface area contributed by atoms with Crippen LogP contribution in [0.1, 0.15) is 52.1 Å². The van der Waals surface area contributed by atoms with Crippen LogP contribution in [-0.4, -0.2) is 56.3 Å². The van der Waals surface area contributed by atoms with Gasteiger partial charge in [0.2, 0.25) is 0 Å². The van der Waals surface area contributed by atoms with Gasteiger partial charge < -0.3 is 27.9 Å². The smallest absolute Gasteiger partial charge is 0.387 e. The number of halogens is 2. The second kappa shape index (κ2) is 10.7. The molecule has 2 aromatic heterocycles. The van der Waals surface area contributed by atoms with E-state index in [9.17, 15) is 8.78 Å². The van der Waals surface area contributed by atoms with Crippen molar-refractivity contribution >= 4 is 19.4 Å². The normalized spacial score (nSPS) is 19.8. The van der Waals surface area contributed by atoms with Gasteiger partial charge in [-0.2, -0.15) is 8.78 Å². The molecule has 0 N–H and O–H groups in total. The quantitative estimate of drug-likeness (QED) is 0.192. The summed E-state index contributed by atoms with van der Waals surface area (Å²) in [5, 5.41) is 10.0. The fourth-order valence-electron chi connectivity index (χ4n) is 5.02. The maximum atomic E-state index is 12.9. The summed E-state index contributed by atoms with van der Waals surface area (Å²) in [5.74, 6) is 0.967. The Balaban J connectivity index is 1.67. The first kappa shape index (κ1) is 29.2. The fourth-order valence-corrected chi connectivity index (χ4v) is 6.73. The van der Waals surface area contributed by atoms with Crippen LogP contribution in [0.15, 0.2) is 24.4 Å². The molecule has 4 rings (SSSR count). The summed E-state index contributed by atoms with van der Waals surface area (Å²) in [4.78, 5) is 0. The van der Waals surface area contributed by atoms with Gasteiger partial charge in [0, 0.05) is 31.0 Å². The predicted molar refractivity (Wildman–Crippen MR) is 148 cm³/mol. The van der Waals surface area contributed by atoms with Crippen molar-refractivity contribution in [2.24, 2.45) is 0 Å². The van der Waals surface area contributed by atoms with Crippen molar-refractivity contribution in [3.63, 3.8) is 0 Å². The summed E-state index contributed by atoms with van der Waals surface area (Å²) >= 11 is 0. The lowest BCUT2D eigenvalue weighted by molar-refractivity contribution is -0.0501. The summed E-state index contributed by atoms with van der Waals surface area (Å²) in [6.45, 7) is 12.3. The monoisotopic (exact) mass is 563 g/mol. The van der Waals surface area contributed by atoms with Gasteiger partial charge in [-0.05, 0) is 62.5 Å². The first-order chi connectivity index (χ1) is 18.2. The average molecular weight is 564 g/mol. The maximum Gasteiger partial charge on any atom is 0.387 e. The molecule has 0 spiro atoms. The SMILES string of the molecule is COCOc1cc(OC(F)F)cc(C)c1-c1cc2c(OC)cn(C3CC(C)(O[Si](C)(C)C(C)(C)C)C3)c2nn1. The highest BCUT2D eigenvalue weighted by atomic mass is 28.4. The van der Waals surface area contributed by atoms with Crippen molar-refractivity contribution in [2.75, 3.05) is 21.0 Å². The minimum Gasteiger partial charge on any atom is -0.494 e. The second-order valence-corrected chi connectivity index (χ2v) is 16.7. The number of hydrogen-bond donors (Lipinski definition) is 0. The van der Waals surface area contributed by atoms with E-state index >= 15 is 0 Å². The molecule has 1 saturated carbocycles. The molecule has 0 atom stereocenters. The number of aryl methyl sites for hydroxylation is 1. The van der Waals surface area contributed by atoms with E-state index in [0.29, 0.717) is 34.0 Å². The van der Waals surface area contributed by atoms with E-state index in [2.05, 4.69) is 60.3 Å². The summed E-state index contributed by atoms with van der Waals surface area (Å²) in [7, 11) is 1.20. The van der Waals surface area contributed by atoms with Crippen molar-refractivity contribution in [1.29, 1.82) is 0 Å². The molecule has 0 radical (unpaired) electrons. The maximum absolute atomic E-state index is 12.9. The Kier molecular flexibility index (Phi) is 7.99. The molecular weight excluding hydrogens is 524 g/mol. The predicted octanol–water partition coefficient (Wildman–Crippen LogP) is 7.11. The van der Waals surface area contributed by atoms with E-state index in [1.54, 1.807) is 14.0 Å². The van der Waals surface area contributed by atoms with Gasteiger partial charge in [0.1, 0.15) is 17.2 Å². The zero-order valence-corrected chi connectivity index (χ0v) is 25.2. The van der Waals surface area contributed by atoms with Crippen molar-refractivity contribution in [3.8, 4) is 28.5 Å². The van der Waals surface area contributed by atoms with Gasteiger partial charge in [-0.3, -0.25) is 0 Å². The van der Waals surface area contributed by atoms with E-state index in [1.807, 2.05) is 12.3 Å². The van der Waals surface area contributed by atoms with Crippen LogP contribution in [0, 0.1) is 6.92 Å².